The Hall–Kier alpha value is -2.07. The van der Waals surface area contributed by atoms with Crippen LogP contribution in [0.25, 0.3) is 0 Å². The maximum atomic E-state index is 9.59. The van der Waals surface area contributed by atoms with E-state index in [1.54, 1.807) is 69.2 Å². The number of aliphatic carboxylic acids is 5. The molecule has 0 aliphatic heterocycles. The van der Waals surface area contributed by atoms with E-state index in [0.29, 0.717) is 0 Å². The van der Waals surface area contributed by atoms with E-state index in [1.165, 1.54) is 0 Å². The zero-order chi connectivity index (χ0) is 25.8. The molecule has 0 fully saturated rings. The molecule has 0 saturated heterocycles. The Bertz CT molecular complexity index is 394. The molecule has 0 atom stereocenters. The van der Waals surface area contributed by atoms with E-state index in [4.69, 9.17) is 0 Å². The van der Waals surface area contributed by atoms with Crippen LogP contribution in [-0.2, 0) is 42.5 Å². The molecule has 0 bridgehead atoms. The van der Waals surface area contributed by atoms with Gasteiger partial charge in [0, 0.05) is 29.8 Å². The Labute approximate surface area is 196 Å². The van der Waals surface area contributed by atoms with Crippen molar-refractivity contribution in [1.29, 1.82) is 0 Å². The molecule has 0 aliphatic carbocycles. The van der Waals surface area contributed by atoms with E-state index in [0.717, 1.165) is 0 Å². The second-order valence-corrected chi connectivity index (χ2v) is 7.37. The second-order valence-electron chi connectivity index (χ2n) is 7.37. The first-order valence-electron chi connectivity index (χ1n) is 9.26. The van der Waals surface area contributed by atoms with Gasteiger partial charge in [0.2, 0.25) is 0 Å². The summed E-state index contributed by atoms with van der Waals surface area (Å²) in [4.78, 5) is 47.9. The molecular formula is C20H35O10V. The minimum Gasteiger partial charge on any atom is -0.550 e. The molecule has 31 heavy (non-hydrogen) atoms. The summed E-state index contributed by atoms with van der Waals surface area (Å²) in [6, 6.07) is 0. The van der Waals surface area contributed by atoms with E-state index in [2.05, 4.69) is 0 Å². The minimum atomic E-state index is -0.991. The Balaban J connectivity index is -0.0000000625. The predicted octanol–water partition coefficient (Wildman–Crippen LogP) is -3.04. The summed E-state index contributed by atoms with van der Waals surface area (Å²) in [5, 5.41) is 47.9. The third-order valence-electron chi connectivity index (χ3n) is 2.36. The van der Waals surface area contributed by atoms with Crippen LogP contribution in [0, 0.1) is 29.6 Å². The van der Waals surface area contributed by atoms with E-state index >= 15 is 0 Å². The number of rotatable bonds is 5. The smallest absolute Gasteiger partial charge is 0.550 e. The number of carboxylic acid groups (broad SMARTS) is 5. The maximum Gasteiger partial charge on any atom is 5.00 e. The fourth-order valence-corrected chi connectivity index (χ4v) is 0. The van der Waals surface area contributed by atoms with Crippen LogP contribution in [0.15, 0.2) is 0 Å². The van der Waals surface area contributed by atoms with Crippen molar-refractivity contribution in [3.05, 3.63) is 0 Å². The molecule has 0 heterocycles. The Morgan fingerprint density at radius 2 is 0.387 bits per heavy atom. The van der Waals surface area contributed by atoms with Crippen molar-refractivity contribution in [3.63, 3.8) is 0 Å². The molecule has 0 unspecified atom stereocenters. The van der Waals surface area contributed by atoms with Crippen molar-refractivity contribution in [2.75, 3.05) is 0 Å². The van der Waals surface area contributed by atoms with Gasteiger partial charge in [0.25, 0.3) is 0 Å². The summed E-state index contributed by atoms with van der Waals surface area (Å²) in [5.74, 6) is -6.67. The minimum absolute atomic E-state index is 0. The molecule has 0 aromatic rings. The van der Waals surface area contributed by atoms with Gasteiger partial charge >= 0.3 is 18.6 Å². The van der Waals surface area contributed by atoms with Crippen molar-refractivity contribution in [3.8, 4) is 0 Å². The van der Waals surface area contributed by atoms with Crippen molar-refractivity contribution in [1.82, 2.24) is 0 Å². The summed E-state index contributed by atoms with van der Waals surface area (Å²) in [7, 11) is 0. The third-order valence-corrected chi connectivity index (χ3v) is 2.36. The molecule has 0 amide bonds. The number of carboxylic acids is 5. The summed E-state index contributed by atoms with van der Waals surface area (Å²) in [6.45, 7) is 15.8. The molecule has 0 spiro atoms. The van der Waals surface area contributed by atoms with Gasteiger partial charge in [-0.15, -0.1) is 0 Å². The van der Waals surface area contributed by atoms with E-state index in [-0.39, 0.29) is 48.1 Å². The summed E-state index contributed by atoms with van der Waals surface area (Å²) in [6.07, 6.45) is 0. The molecule has 11 heteroatoms. The molecule has 0 N–H and O–H groups in total. The van der Waals surface area contributed by atoms with Gasteiger partial charge in [-0.3, -0.25) is 0 Å². The van der Waals surface area contributed by atoms with Crippen molar-refractivity contribution < 1.29 is 68.1 Å². The van der Waals surface area contributed by atoms with E-state index in [1.807, 2.05) is 0 Å². The molecule has 0 aromatic heterocycles. The maximum absolute atomic E-state index is 9.59. The van der Waals surface area contributed by atoms with Gasteiger partial charge in [-0.25, -0.2) is 0 Å². The third kappa shape index (κ3) is 58.4. The van der Waals surface area contributed by atoms with Gasteiger partial charge < -0.3 is 49.5 Å². The van der Waals surface area contributed by atoms with Gasteiger partial charge in [0.1, 0.15) is 0 Å². The largest absolute Gasteiger partial charge is 5.00 e. The van der Waals surface area contributed by atoms with Crippen LogP contribution in [-0.4, -0.2) is 29.8 Å². The van der Waals surface area contributed by atoms with Crippen LogP contribution >= 0.6 is 0 Å². The number of hydrogen-bond acceptors (Lipinski definition) is 10. The van der Waals surface area contributed by atoms with E-state index < -0.39 is 29.8 Å². The zero-order valence-electron chi connectivity index (χ0n) is 19.9. The molecular weight excluding hydrogens is 451 g/mol. The van der Waals surface area contributed by atoms with Crippen LogP contribution < -0.4 is 25.5 Å². The van der Waals surface area contributed by atoms with Crippen molar-refractivity contribution in [2.24, 2.45) is 29.6 Å². The first-order chi connectivity index (χ1) is 13.2. The summed E-state index contributed by atoms with van der Waals surface area (Å²) < 4.78 is 0. The van der Waals surface area contributed by atoms with Gasteiger partial charge in [-0.1, -0.05) is 69.2 Å². The van der Waals surface area contributed by atoms with E-state index in [9.17, 15) is 49.5 Å². The average molecular weight is 486 g/mol. The molecule has 0 saturated carbocycles. The molecule has 0 aromatic carbocycles. The standard InChI is InChI=1S/5C4H8O2.V/c5*1-3(2)4(5)6;/h5*3H,1-2H3,(H,5,6);/q;;;;;+5/p-5. The summed E-state index contributed by atoms with van der Waals surface area (Å²) >= 11 is 0. The van der Waals surface area contributed by atoms with Crippen molar-refractivity contribution >= 4 is 29.8 Å². The van der Waals surface area contributed by atoms with Gasteiger partial charge in [0.15, 0.2) is 0 Å². The van der Waals surface area contributed by atoms with Crippen LogP contribution in [0.3, 0.4) is 0 Å². The van der Waals surface area contributed by atoms with Gasteiger partial charge in [-0.2, -0.15) is 0 Å². The average Bonchev–Trinajstić information content (AvgIpc) is 2.56. The molecule has 0 rings (SSSR count). The van der Waals surface area contributed by atoms with Crippen LogP contribution in [0.2, 0.25) is 0 Å². The normalized spacial score (nSPS) is 8.87. The fourth-order valence-electron chi connectivity index (χ4n) is 0. The molecule has 0 radical (unpaired) electrons. The molecule has 0 aliphatic rings. The predicted molar refractivity (Wildman–Crippen MR) is 99.2 cm³/mol. The monoisotopic (exact) mass is 486 g/mol. The number of hydrogen-bond donors (Lipinski definition) is 0. The topological polar surface area (TPSA) is 201 Å². The molecule has 10 nitrogen and oxygen atoms in total. The SMILES string of the molecule is CC(C)C(=O)[O-].CC(C)C(=O)[O-].CC(C)C(=O)[O-].CC(C)C(=O)[O-].CC(C)C(=O)[O-].[V+5]. The van der Waals surface area contributed by atoms with Crippen LogP contribution in [0.1, 0.15) is 69.2 Å². The first kappa shape index (κ1) is 42.9. The zero-order valence-corrected chi connectivity index (χ0v) is 21.3. The van der Waals surface area contributed by atoms with Crippen molar-refractivity contribution in [2.45, 2.75) is 69.2 Å². The Morgan fingerprint density at radius 3 is 0.387 bits per heavy atom. The Kier molecular flexibility index (Phi) is 36.0. The van der Waals surface area contributed by atoms with Gasteiger partial charge in [-0.05, 0) is 29.6 Å². The van der Waals surface area contributed by atoms with Crippen LogP contribution in [0.5, 0.6) is 0 Å². The molecule has 180 valence electrons. The number of carbonyl (C=O) groups excluding carboxylic acids is 5. The fraction of sp³-hybridized carbons (Fsp3) is 0.750. The summed E-state index contributed by atoms with van der Waals surface area (Å²) in [5.41, 5.74) is 0. The quantitative estimate of drug-likeness (QED) is 0.384. The Morgan fingerprint density at radius 1 is 0.355 bits per heavy atom. The van der Waals surface area contributed by atoms with Gasteiger partial charge in [0.05, 0.1) is 0 Å². The van der Waals surface area contributed by atoms with Crippen LogP contribution in [0.4, 0.5) is 0 Å². The first-order valence-corrected chi connectivity index (χ1v) is 9.26. The second kappa shape index (κ2) is 26.0. The number of carbonyl (C=O) groups is 5.